The normalized spacial score (nSPS) is 20.5. The summed E-state index contributed by atoms with van der Waals surface area (Å²) in [4.78, 5) is 4.50. The maximum Gasteiger partial charge on any atom is 0.155 e. The van der Waals surface area contributed by atoms with Crippen LogP contribution in [0, 0.1) is 0 Å². The van der Waals surface area contributed by atoms with Gasteiger partial charge in [-0.3, -0.25) is 0 Å². The van der Waals surface area contributed by atoms with E-state index in [2.05, 4.69) is 41.5 Å². The smallest absolute Gasteiger partial charge is 0.155 e. The minimum atomic E-state index is 0.452. The van der Waals surface area contributed by atoms with E-state index in [1.54, 1.807) is 0 Å². The summed E-state index contributed by atoms with van der Waals surface area (Å²) in [6.45, 7) is 6.48. The van der Waals surface area contributed by atoms with Gasteiger partial charge >= 0.3 is 0 Å². The highest BCUT2D eigenvalue weighted by molar-refractivity contribution is 5.40. The van der Waals surface area contributed by atoms with E-state index < -0.39 is 0 Å². The highest BCUT2D eigenvalue weighted by Crippen LogP contribution is 2.22. The molecule has 4 nitrogen and oxygen atoms in total. The van der Waals surface area contributed by atoms with E-state index in [-0.39, 0.29) is 0 Å². The zero-order valence-electron chi connectivity index (χ0n) is 10.3. The third kappa shape index (κ3) is 1.93. The Bertz CT molecular complexity index is 523. The van der Waals surface area contributed by atoms with Crippen molar-refractivity contribution in [2.45, 2.75) is 32.1 Å². The Kier molecular flexibility index (Phi) is 2.59. The van der Waals surface area contributed by atoms with Crippen molar-refractivity contribution in [3.63, 3.8) is 0 Å². The molecule has 1 N–H and O–H groups in total. The van der Waals surface area contributed by atoms with Gasteiger partial charge in [0.1, 0.15) is 0 Å². The maximum atomic E-state index is 4.58. The summed E-state index contributed by atoms with van der Waals surface area (Å²) >= 11 is 0. The predicted molar refractivity (Wildman–Crippen MR) is 67.3 cm³/mol. The van der Waals surface area contributed by atoms with Crippen molar-refractivity contribution >= 4 is 5.65 Å². The highest BCUT2D eigenvalue weighted by Gasteiger charge is 2.17. The highest BCUT2D eigenvalue weighted by atomic mass is 15.2. The number of rotatable bonds is 2. The summed E-state index contributed by atoms with van der Waals surface area (Å²) in [5.74, 6) is 1.05. The first-order chi connectivity index (χ1) is 8.24. The van der Waals surface area contributed by atoms with E-state index in [9.17, 15) is 0 Å². The second kappa shape index (κ2) is 4.11. The molecular formula is C13H18N4. The minimum absolute atomic E-state index is 0.452. The zero-order valence-corrected chi connectivity index (χ0v) is 10.3. The Hall–Kier alpha value is -1.42. The van der Waals surface area contributed by atoms with Gasteiger partial charge < -0.3 is 5.32 Å². The van der Waals surface area contributed by atoms with E-state index in [4.69, 9.17) is 0 Å². The number of aromatic nitrogens is 3. The summed E-state index contributed by atoms with van der Waals surface area (Å²) in [7, 11) is 0. The number of hydrogen-bond acceptors (Lipinski definition) is 3. The molecule has 3 rings (SSSR count). The number of nitrogens with one attached hydrogen (secondary N) is 1. The second-order valence-electron chi connectivity index (χ2n) is 5.10. The van der Waals surface area contributed by atoms with Crippen molar-refractivity contribution in [1.29, 1.82) is 0 Å². The van der Waals surface area contributed by atoms with Crippen LogP contribution in [0.2, 0.25) is 0 Å². The van der Waals surface area contributed by atoms with Crippen LogP contribution in [0.15, 0.2) is 18.5 Å². The lowest BCUT2D eigenvalue weighted by atomic mass is 10.0. The molecule has 17 heavy (non-hydrogen) atoms. The number of nitrogens with zero attached hydrogens (tertiary/aromatic N) is 3. The molecule has 0 aliphatic carbocycles. The van der Waals surface area contributed by atoms with Crippen molar-refractivity contribution in [1.82, 2.24) is 19.9 Å². The quantitative estimate of drug-likeness (QED) is 0.857. The van der Waals surface area contributed by atoms with E-state index in [1.807, 2.05) is 10.7 Å². The zero-order chi connectivity index (χ0) is 11.8. The Morgan fingerprint density at radius 1 is 1.47 bits per heavy atom. The third-order valence-electron chi connectivity index (χ3n) is 3.48. The van der Waals surface area contributed by atoms with Crippen LogP contribution in [0.5, 0.6) is 0 Å². The topological polar surface area (TPSA) is 42.2 Å². The van der Waals surface area contributed by atoms with Crippen molar-refractivity contribution in [3.05, 3.63) is 29.7 Å². The van der Waals surface area contributed by atoms with Crippen LogP contribution in [-0.2, 0) is 0 Å². The summed E-state index contributed by atoms with van der Waals surface area (Å²) < 4.78 is 1.92. The molecule has 1 aliphatic rings. The average molecular weight is 230 g/mol. The van der Waals surface area contributed by atoms with Gasteiger partial charge in [-0.15, -0.1) is 0 Å². The van der Waals surface area contributed by atoms with E-state index in [1.165, 1.54) is 12.0 Å². The molecule has 0 spiro atoms. The fraction of sp³-hybridized carbons (Fsp3) is 0.538. The molecule has 4 heteroatoms. The Balaban J connectivity index is 2.00. The van der Waals surface area contributed by atoms with Crippen LogP contribution in [0.25, 0.3) is 5.65 Å². The van der Waals surface area contributed by atoms with Crippen LogP contribution < -0.4 is 5.32 Å². The molecule has 0 bridgehead atoms. The molecule has 3 heterocycles. The van der Waals surface area contributed by atoms with Gasteiger partial charge in [-0.2, -0.15) is 5.10 Å². The monoisotopic (exact) mass is 230 g/mol. The van der Waals surface area contributed by atoms with E-state index >= 15 is 0 Å². The predicted octanol–water partition coefficient (Wildman–Crippen LogP) is 1.93. The fourth-order valence-corrected chi connectivity index (χ4v) is 2.34. The fourth-order valence-electron chi connectivity index (χ4n) is 2.34. The largest absolute Gasteiger partial charge is 0.316 e. The molecule has 0 amide bonds. The molecule has 0 radical (unpaired) electrons. The molecule has 1 fully saturated rings. The molecule has 1 aliphatic heterocycles. The Morgan fingerprint density at radius 3 is 3.06 bits per heavy atom. The first-order valence-corrected chi connectivity index (χ1v) is 6.30. The van der Waals surface area contributed by atoms with Crippen molar-refractivity contribution in [3.8, 4) is 0 Å². The Labute approximate surface area is 101 Å². The van der Waals surface area contributed by atoms with Crippen LogP contribution in [0.4, 0.5) is 0 Å². The molecule has 1 atom stereocenters. The second-order valence-corrected chi connectivity index (χ2v) is 5.10. The average Bonchev–Trinajstić information content (AvgIpc) is 2.97. The van der Waals surface area contributed by atoms with Gasteiger partial charge in [0.2, 0.25) is 0 Å². The molecule has 0 aromatic carbocycles. The lowest BCUT2D eigenvalue weighted by Crippen LogP contribution is -2.08. The van der Waals surface area contributed by atoms with Gasteiger partial charge in [0, 0.05) is 30.9 Å². The molecule has 2 aromatic heterocycles. The van der Waals surface area contributed by atoms with Crippen molar-refractivity contribution < 1.29 is 0 Å². The van der Waals surface area contributed by atoms with Crippen molar-refractivity contribution in [2.24, 2.45) is 0 Å². The first-order valence-electron chi connectivity index (χ1n) is 6.30. The number of fused-ring (bicyclic) bond motifs is 1. The SMILES string of the molecule is CC(C)c1cc2ncc(C3CCNC3)cn2n1. The Morgan fingerprint density at radius 2 is 2.35 bits per heavy atom. The van der Waals surface area contributed by atoms with Gasteiger partial charge in [-0.05, 0) is 24.4 Å². The summed E-state index contributed by atoms with van der Waals surface area (Å²) in [6.07, 6.45) is 5.33. The van der Waals surface area contributed by atoms with E-state index in [0.29, 0.717) is 11.8 Å². The number of hydrogen-bond donors (Lipinski definition) is 1. The molecule has 0 saturated carbocycles. The first kappa shape index (κ1) is 10.7. The molecule has 2 aromatic rings. The summed E-state index contributed by atoms with van der Waals surface area (Å²) in [6, 6.07) is 2.07. The summed E-state index contributed by atoms with van der Waals surface area (Å²) in [5.41, 5.74) is 3.35. The summed E-state index contributed by atoms with van der Waals surface area (Å²) in [5, 5.41) is 7.96. The van der Waals surface area contributed by atoms with Gasteiger partial charge in [0.15, 0.2) is 5.65 Å². The lowest BCUT2D eigenvalue weighted by molar-refractivity contribution is 0.735. The van der Waals surface area contributed by atoms with Crippen molar-refractivity contribution in [2.75, 3.05) is 13.1 Å². The van der Waals surface area contributed by atoms with E-state index in [0.717, 1.165) is 24.4 Å². The lowest BCUT2D eigenvalue weighted by Gasteiger charge is -2.07. The molecule has 1 unspecified atom stereocenters. The molecule has 1 saturated heterocycles. The minimum Gasteiger partial charge on any atom is -0.316 e. The molecular weight excluding hydrogens is 212 g/mol. The third-order valence-corrected chi connectivity index (χ3v) is 3.48. The molecule has 90 valence electrons. The van der Waals surface area contributed by atoms with Gasteiger partial charge in [0.05, 0.1) is 5.69 Å². The van der Waals surface area contributed by atoms with Gasteiger partial charge in [0.25, 0.3) is 0 Å². The maximum absolute atomic E-state index is 4.58. The van der Waals surface area contributed by atoms with Crippen LogP contribution in [0.1, 0.15) is 43.4 Å². The standard InChI is InChI=1S/C13H18N4/c1-9(2)12-5-13-15-7-11(8-17(13)16-12)10-3-4-14-6-10/h5,7-10,14H,3-4,6H2,1-2H3. The van der Waals surface area contributed by atoms with Crippen LogP contribution in [0.3, 0.4) is 0 Å². The van der Waals surface area contributed by atoms with Crippen LogP contribution in [-0.4, -0.2) is 27.7 Å². The van der Waals surface area contributed by atoms with Gasteiger partial charge in [-0.1, -0.05) is 13.8 Å². The van der Waals surface area contributed by atoms with Gasteiger partial charge in [-0.25, -0.2) is 9.50 Å². The van der Waals surface area contributed by atoms with Crippen LogP contribution >= 0.6 is 0 Å².